The number of nitrogens with zero attached hydrogens (tertiary/aromatic N) is 1. The van der Waals surface area contributed by atoms with Gasteiger partial charge in [0.25, 0.3) is 0 Å². The van der Waals surface area contributed by atoms with Crippen LogP contribution < -0.4 is 10.4 Å². The zero-order valence-electron chi connectivity index (χ0n) is 23.7. The molecule has 0 bridgehead atoms. The molecule has 0 saturated heterocycles. The maximum absolute atomic E-state index is 12.6. The van der Waals surface area contributed by atoms with Gasteiger partial charge in [0.2, 0.25) is 0 Å². The predicted octanol–water partition coefficient (Wildman–Crippen LogP) is 7.95. The number of esters is 1. The molecule has 0 unspecified atom stereocenters. The molecular formula is C32H43NO5. The lowest BCUT2D eigenvalue weighted by Gasteiger charge is -2.16. The average molecular weight is 522 g/mol. The van der Waals surface area contributed by atoms with Gasteiger partial charge < -0.3 is 13.9 Å². The van der Waals surface area contributed by atoms with Crippen LogP contribution in [0.3, 0.4) is 0 Å². The Balaban J connectivity index is 1.32. The quantitative estimate of drug-likeness (QED) is 0.158. The summed E-state index contributed by atoms with van der Waals surface area (Å²) < 4.78 is 16.9. The number of benzene rings is 1. The molecule has 0 aliphatic heterocycles. The highest BCUT2D eigenvalue weighted by atomic mass is 16.5. The lowest BCUT2D eigenvalue weighted by Crippen LogP contribution is -2.23. The maximum atomic E-state index is 12.6. The number of aromatic nitrogens is 1. The number of carbonyl (C=O) groups excluding carboxylic acids is 1. The van der Waals surface area contributed by atoms with Crippen LogP contribution in [0.15, 0.2) is 45.9 Å². The summed E-state index contributed by atoms with van der Waals surface area (Å²) in [6.45, 7) is 10.9. The van der Waals surface area contributed by atoms with E-state index < -0.39 is 5.41 Å². The fourth-order valence-corrected chi connectivity index (χ4v) is 4.39. The lowest BCUT2D eigenvalue weighted by molar-refractivity contribution is -0.153. The van der Waals surface area contributed by atoms with Crippen LogP contribution in [0.25, 0.3) is 22.1 Å². The van der Waals surface area contributed by atoms with Crippen LogP contribution in [-0.2, 0) is 9.53 Å². The van der Waals surface area contributed by atoms with Gasteiger partial charge in [0, 0.05) is 17.8 Å². The highest BCUT2D eigenvalue weighted by Crippen LogP contribution is 2.30. The zero-order chi connectivity index (χ0) is 27.5. The topological polar surface area (TPSA) is 78.6 Å². The molecule has 0 fully saturated rings. The second kappa shape index (κ2) is 14.1. The summed E-state index contributed by atoms with van der Waals surface area (Å²) in [6, 6.07) is 7.57. The third-order valence-electron chi connectivity index (χ3n) is 6.74. The van der Waals surface area contributed by atoms with E-state index in [1.54, 1.807) is 18.5 Å². The van der Waals surface area contributed by atoms with Gasteiger partial charge in [-0.05, 0) is 88.4 Å². The van der Waals surface area contributed by atoms with Gasteiger partial charge in [0.1, 0.15) is 11.3 Å². The lowest BCUT2D eigenvalue weighted by atomic mass is 9.97. The van der Waals surface area contributed by atoms with Gasteiger partial charge in [-0.3, -0.25) is 9.78 Å². The van der Waals surface area contributed by atoms with Gasteiger partial charge in [0.05, 0.1) is 24.2 Å². The summed E-state index contributed by atoms with van der Waals surface area (Å²) in [5.41, 5.74) is 3.17. The SMILES string of the molecule is Cc1cc(-c2cc3cnccc3oc2=O)c(C)cc1OCCCCCCCCCCCOC(=O)C(C)(C)C. The Bertz CT molecular complexity index is 1250. The van der Waals surface area contributed by atoms with E-state index in [0.29, 0.717) is 24.4 Å². The van der Waals surface area contributed by atoms with Crippen molar-refractivity contribution in [1.82, 2.24) is 4.98 Å². The molecular weight excluding hydrogens is 478 g/mol. The normalized spacial score (nSPS) is 11.6. The number of carbonyl (C=O) groups is 1. The van der Waals surface area contributed by atoms with Crippen molar-refractivity contribution < 1.29 is 18.7 Å². The number of ether oxygens (including phenoxy) is 2. The summed E-state index contributed by atoms with van der Waals surface area (Å²) in [4.78, 5) is 28.5. The van der Waals surface area contributed by atoms with Gasteiger partial charge >= 0.3 is 11.6 Å². The van der Waals surface area contributed by atoms with Crippen molar-refractivity contribution in [3.05, 3.63) is 58.2 Å². The number of unbranched alkanes of at least 4 members (excludes halogenated alkanes) is 8. The van der Waals surface area contributed by atoms with E-state index in [9.17, 15) is 9.59 Å². The Morgan fingerprint density at radius 1 is 0.842 bits per heavy atom. The molecule has 6 heteroatoms. The molecule has 0 aliphatic rings. The summed E-state index contributed by atoms with van der Waals surface area (Å²) in [5.74, 6) is 0.753. The zero-order valence-corrected chi connectivity index (χ0v) is 23.7. The summed E-state index contributed by atoms with van der Waals surface area (Å²) in [7, 11) is 0. The fraction of sp³-hybridized carbons (Fsp3) is 0.531. The van der Waals surface area contributed by atoms with Gasteiger partial charge in [-0.25, -0.2) is 4.79 Å². The molecule has 0 spiro atoms. The Kier molecular flexibility index (Phi) is 10.9. The number of pyridine rings is 1. The minimum absolute atomic E-state index is 0.114. The molecule has 0 radical (unpaired) electrons. The van der Waals surface area contributed by atoms with Crippen molar-refractivity contribution in [3.8, 4) is 16.9 Å². The minimum Gasteiger partial charge on any atom is -0.493 e. The van der Waals surface area contributed by atoms with E-state index in [0.717, 1.165) is 53.5 Å². The van der Waals surface area contributed by atoms with Crippen LogP contribution in [0.2, 0.25) is 0 Å². The first kappa shape index (κ1) is 29.4. The fourth-order valence-electron chi connectivity index (χ4n) is 4.39. The van der Waals surface area contributed by atoms with E-state index in [1.165, 1.54) is 32.1 Å². The van der Waals surface area contributed by atoms with Crippen molar-refractivity contribution in [2.75, 3.05) is 13.2 Å². The van der Waals surface area contributed by atoms with Crippen molar-refractivity contribution in [2.45, 2.75) is 92.4 Å². The highest BCUT2D eigenvalue weighted by molar-refractivity contribution is 5.81. The first-order chi connectivity index (χ1) is 18.2. The molecule has 0 amide bonds. The Hall–Kier alpha value is -3.15. The summed E-state index contributed by atoms with van der Waals surface area (Å²) >= 11 is 0. The number of hydrogen-bond acceptors (Lipinski definition) is 6. The van der Waals surface area contributed by atoms with E-state index >= 15 is 0 Å². The Morgan fingerprint density at radius 3 is 2.13 bits per heavy atom. The van der Waals surface area contributed by atoms with Crippen LogP contribution in [0.4, 0.5) is 0 Å². The van der Waals surface area contributed by atoms with Crippen molar-refractivity contribution in [1.29, 1.82) is 0 Å². The number of rotatable bonds is 14. The van der Waals surface area contributed by atoms with Crippen LogP contribution in [0.1, 0.15) is 89.7 Å². The largest absolute Gasteiger partial charge is 0.493 e. The molecule has 0 N–H and O–H groups in total. The standard InChI is InChI=1S/C32H43NO5/c1-23-20-29(24(2)19-26(23)27-21-25-22-33-16-15-28(25)38-30(27)34)36-17-13-11-9-7-6-8-10-12-14-18-37-31(35)32(3,4)5/h15-16,19-22H,6-14,17-18H2,1-5H3. The Morgan fingerprint density at radius 2 is 1.47 bits per heavy atom. The van der Waals surface area contributed by atoms with E-state index in [4.69, 9.17) is 13.9 Å². The van der Waals surface area contributed by atoms with E-state index in [-0.39, 0.29) is 11.6 Å². The molecule has 38 heavy (non-hydrogen) atoms. The number of hydrogen-bond donors (Lipinski definition) is 0. The minimum atomic E-state index is -0.413. The average Bonchev–Trinajstić information content (AvgIpc) is 2.87. The van der Waals surface area contributed by atoms with Crippen LogP contribution in [-0.4, -0.2) is 24.2 Å². The summed E-state index contributed by atoms with van der Waals surface area (Å²) in [5, 5.41) is 0.804. The van der Waals surface area contributed by atoms with Crippen LogP contribution in [0, 0.1) is 19.3 Å². The number of aryl methyl sites for hydroxylation is 2. The van der Waals surface area contributed by atoms with Crippen LogP contribution in [0.5, 0.6) is 5.75 Å². The van der Waals surface area contributed by atoms with Gasteiger partial charge in [-0.15, -0.1) is 0 Å². The Labute approximate surface area is 226 Å². The number of fused-ring (bicyclic) bond motifs is 1. The molecule has 206 valence electrons. The van der Waals surface area contributed by atoms with Crippen molar-refractivity contribution in [2.24, 2.45) is 5.41 Å². The van der Waals surface area contributed by atoms with E-state index in [1.807, 2.05) is 52.8 Å². The molecule has 0 saturated carbocycles. The van der Waals surface area contributed by atoms with Gasteiger partial charge in [-0.1, -0.05) is 44.9 Å². The highest BCUT2D eigenvalue weighted by Gasteiger charge is 2.22. The van der Waals surface area contributed by atoms with Crippen molar-refractivity contribution in [3.63, 3.8) is 0 Å². The smallest absolute Gasteiger partial charge is 0.344 e. The molecule has 0 atom stereocenters. The van der Waals surface area contributed by atoms with E-state index in [2.05, 4.69) is 4.98 Å². The second-order valence-corrected chi connectivity index (χ2v) is 11.2. The van der Waals surface area contributed by atoms with Crippen molar-refractivity contribution >= 4 is 16.9 Å². The molecule has 0 aliphatic carbocycles. The molecule has 1 aromatic carbocycles. The molecule has 3 aromatic rings. The first-order valence-corrected chi connectivity index (χ1v) is 14.0. The molecule has 3 rings (SSSR count). The van der Waals surface area contributed by atoms with Gasteiger partial charge in [-0.2, -0.15) is 0 Å². The molecule has 2 aromatic heterocycles. The van der Waals surface area contributed by atoms with Gasteiger partial charge in [0.15, 0.2) is 0 Å². The molecule has 2 heterocycles. The predicted molar refractivity (Wildman–Crippen MR) is 153 cm³/mol. The first-order valence-electron chi connectivity index (χ1n) is 14.0. The third kappa shape index (κ3) is 8.71. The third-order valence-corrected chi connectivity index (χ3v) is 6.74. The van der Waals surface area contributed by atoms with Crippen LogP contribution >= 0.6 is 0 Å². The monoisotopic (exact) mass is 521 g/mol. The maximum Gasteiger partial charge on any atom is 0.344 e. The second-order valence-electron chi connectivity index (χ2n) is 11.2. The summed E-state index contributed by atoms with van der Waals surface area (Å²) in [6.07, 6.45) is 13.7. The molecule has 6 nitrogen and oxygen atoms in total.